The zero-order chi connectivity index (χ0) is 14.1. The molecule has 1 atom stereocenters. The van der Waals surface area contributed by atoms with Crippen molar-refractivity contribution in [2.75, 3.05) is 4.90 Å². The molecule has 2 N–H and O–H groups in total. The minimum atomic E-state index is -0.215. The van der Waals surface area contributed by atoms with E-state index in [0.29, 0.717) is 6.04 Å². The molecule has 4 heteroatoms. The first-order valence-corrected chi connectivity index (χ1v) is 7.87. The molecule has 1 aromatic carbocycles. The largest absolute Gasteiger partial charge is 0.363 e. The molecule has 20 heavy (non-hydrogen) atoms. The summed E-state index contributed by atoms with van der Waals surface area (Å²) in [6.45, 7) is 2.79. The third kappa shape index (κ3) is 2.86. The van der Waals surface area contributed by atoms with E-state index < -0.39 is 0 Å². The molecule has 1 fully saturated rings. The lowest BCUT2D eigenvalue weighted by molar-refractivity contribution is 0.621. The number of anilines is 1. The maximum atomic E-state index is 13.5. The number of halogens is 1. The van der Waals surface area contributed by atoms with Gasteiger partial charge in [-0.1, -0.05) is 6.07 Å². The van der Waals surface area contributed by atoms with Crippen LogP contribution in [-0.2, 0) is 6.54 Å². The first-order chi connectivity index (χ1) is 9.65. The van der Waals surface area contributed by atoms with Crippen LogP contribution in [0.2, 0.25) is 0 Å². The van der Waals surface area contributed by atoms with Gasteiger partial charge in [-0.15, -0.1) is 11.3 Å². The van der Waals surface area contributed by atoms with Gasteiger partial charge in [0.05, 0.1) is 6.54 Å². The van der Waals surface area contributed by atoms with Crippen LogP contribution in [0.5, 0.6) is 0 Å². The number of nitrogens with zero attached hydrogens (tertiary/aromatic N) is 1. The van der Waals surface area contributed by atoms with Crippen molar-refractivity contribution < 1.29 is 4.39 Å². The van der Waals surface area contributed by atoms with Crippen LogP contribution < -0.4 is 10.6 Å². The summed E-state index contributed by atoms with van der Waals surface area (Å²) in [5.41, 5.74) is 8.00. The van der Waals surface area contributed by atoms with E-state index in [1.54, 1.807) is 17.4 Å². The molecule has 1 saturated carbocycles. The summed E-state index contributed by atoms with van der Waals surface area (Å²) in [4.78, 5) is 3.71. The summed E-state index contributed by atoms with van der Waals surface area (Å²) < 4.78 is 13.5. The molecule has 1 aromatic heterocycles. The normalized spacial score (nSPS) is 16.1. The van der Waals surface area contributed by atoms with Gasteiger partial charge in [0.2, 0.25) is 0 Å². The van der Waals surface area contributed by atoms with Crippen molar-refractivity contribution in [3.8, 4) is 0 Å². The zero-order valence-corrected chi connectivity index (χ0v) is 12.4. The van der Waals surface area contributed by atoms with Gasteiger partial charge in [0.15, 0.2) is 0 Å². The molecule has 1 aliphatic carbocycles. The molecule has 3 rings (SSSR count). The second kappa shape index (κ2) is 5.54. The predicted molar refractivity (Wildman–Crippen MR) is 82.5 cm³/mol. The lowest BCUT2D eigenvalue weighted by atomic mass is 10.1. The van der Waals surface area contributed by atoms with Crippen molar-refractivity contribution in [3.05, 3.63) is 52.0 Å². The van der Waals surface area contributed by atoms with E-state index in [0.717, 1.165) is 17.8 Å². The molecular formula is C16H19FN2S. The SMILES string of the molecule is C[C@@H](N)c1cc(F)ccc1N(Cc1cccs1)C1CC1. The number of nitrogens with two attached hydrogens (primary N) is 1. The molecule has 2 nitrogen and oxygen atoms in total. The van der Waals surface area contributed by atoms with Crippen molar-refractivity contribution in [2.45, 2.75) is 38.4 Å². The minimum absolute atomic E-state index is 0.162. The molecule has 0 unspecified atom stereocenters. The van der Waals surface area contributed by atoms with Crippen LogP contribution in [0.25, 0.3) is 0 Å². The van der Waals surface area contributed by atoms with Gasteiger partial charge in [-0.3, -0.25) is 0 Å². The highest BCUT2D eigenvalue weighted by atomic mass is 32.1. The molecule has 0 saturated heterocycles. The zero-order valence-electron chi connectivity index (χ0n) is 11.6. The third-order valence-corrected chi connectivity index (χ3v) is 4.54. The van der Waals surface area contributed by atoms with E-state index in [1.807, 2.05) is 13.0 Å². The Morgan fingerprint density at radius 3 is 2.80 bits per heavy atom. The van der Waals surface area contributed by atoms with E-state index in [-0.39, 0.29) is 11.9 Å². The Morgan fingerprint density at radius 1 is 1.40 bits per heavy atom. The van der Waals surface area contributed by atoms with E-state index in [4.69, 9.17) is 5.73 Å². The van der Waals surface area contributed by atoms with E-state index >= 15 is 0 Å². The van der Waals surface area contributed by atoms with Gasteiger partial charge in [-0.2, -0.15) is 0 Å². The summed E-state index contributed by atoms with van der Waals surface area (Å²) >= 11 is 1.76. The summed E-state index contributed by atoms with van der Waals surface area (Å²) in [5.74, 6) is -0.215. The van der Waals surface area contributed by atoms with Gasteiger partial charge in [0, 0.05) is 22.6 Å². The number of thiophene rings is 1. The lowest BCUT2D eigenvalue weighted by Crippen LogP contribution is -2.27. The Bertz CT molecular complexity index is 576. The Balaban J connectivity index is 1.95. The molecule has 106 valence electrons. The smallest absolute Gasteiger partial charge is 0.123 e. The number of hydrogen-bond acceptors (Lipinski definition) is 3. The van der Waals surface area contributed by atoms with E-state index in [9.17, 15) is 4.39 Å². The summed E-state index contributed by atoms with van der Waals surface area (Å²) in [6, 6.07) is 9.61. The number of benzene rings is 1. The van der Waals surface area contributed by atoms with Gasteiger partial charge in [0.1, 0.15) is 5.82 Å². The Labute approximate surface area is 123 Å². The topological polar surface area (TPSA) is 29.3 Å². The fourth-order valence-electron chi connectivity index (χ4n) is 2.52. The van der Waals surface area contributed by atoms with Crippen LogP contribution >= 0.6 is 11.3 Å². The fourth-order valence-corrected chi connectivity index (χ4v) is 3.22. The monoisotopic (exact) mass is 290 g/mol. The summed E-state index contributed by atoms with van der Waals surface area (Å²) in [7, 11) is 0. The molecule has 0 aliphatic heterocycles. The molecule has 2 aromatic rings. The third-order valence-electron chi connectivity index (χ3n) is 3.68. The molecular weight excluding hydrogens is 271 g/mol. The van der Waals surface area contributed by atoms with Crippen LogP contribution in [0, 0.1) is 5.82 Å². The van der Waals surface area contributed by atoms with Crippen molar-refractivity contribution >= 4 is 17.0 Å². The highest BCUT2D eigenvalue weighted by Gasteiger charge is 2.31. The van der Waals surface area contributed by atoms with Crippen LogP contribution in [0.1, 0.15) is 36.2 Å². The molecule has 1 heterocycles. The molecule has 0 spiro atoms. The minimum Gasteiger partial charge on any atom is -0.363 e. The Morgan fingerprint density at radius 2 is 2.20 bits per heavy atom. The maximum Gasteiger partial charge on any atom is 0.123 e. The van der Waals surface area contributed by atoms with Crippen molar-refractivity contribution in [3.63, 3.8) is 0 Å². The van der Waals surface area contributed by atoms with Crippen molar-refractivity contribution in [1.29, 1.82) is 0 Å². The quantitative estimate of drug-likeness (QED) is 0.899. The summed E-state index contributed by atoms with van der Waals surface area (Å²) in [5, 5.41) is 2.09. The van der Waals surface area contributed by atoms with Gasteiger partial charge in [-0.05, 0) is 55.0 Å². The highest BCUT2D eigenvalue weighted by Crippen LogP contribution is 2.37. The van der Waals surface area contributed by atoms with Crippen molar-refractivity contribution in [2.24, 2.45) is 5.73 Å². The van der Waals surface area contributed by atoms with Gasteiger partial charge < -0.3 is 10.6 Å². The second-order valence-corrected chi connectivity index (χ2v) is 6.46. The first kappa shape index (κ1) is 13.6. The Kier molecular flexibility index (Phi) is 3.76. The van der Waals surface area contributed by atoms with E-state index in [1.165, 1.54) is 23.8 Å². The second-order valence-electron chi connectivity index (χ2n) is 5.43. The molecule has 0 bridgehead atoms. The number of rotatable bonds is 5. The van der Waals surface area contributed by atoms with Gasteiger partial charge >= 0.3 is 0 Å². The molecule has 1 aliphatic rings. The molecule has 0 amide bonds. The number of hydrogen-bond donors (Lipinski definition) is 1. The van der Waals surface area contributed by atoms with Crippen LogP contribution in [0.3, 0.4) is 0 Å². The van der Waals surface area contributed by atoms with Crippen LogP contribution in [-0.4, -0.2) is 6.04 Å². The first-order valence-electron chi connectivity index (χ1n) is 6.99. The van der Waals surface area contributed by atoms with E-state index in [2.05, 4.69) is 22.4 Å². The average molecular weight is 290 g/mol. The fraction of sp³-hybridized carbons (Fsp3) is 0.375. The van der Waals surface area contributed by atoms with Crippen molar-refractivity contribution in [1.82, 2.24) is 0 Å². The van der Waals surface area contributed by atoms with Gasteiger partial charge in [-0.25, -0.2) is 4.39 Å². The average Bonchev–Trinajstić information content (AvgIpc) is 3.13. The summed E-state index contributed by atoms with van der Waals surface area (Å²) in [6.07, 6.45) is 2.42. The van der Waals surface area contributed by atoms with Gasteiger partial charge in [0.25, 0.3) is 0 Å². The predicted octanol–water partition coefficient (Wildman–Crippen LogP) is 4.08. The lowest BCUT2D eigenvalue weighted by Gasteiger charge is -2.28. The standard InChI is InChI=1S/C16H19FN2S/c1-11(18)15-9-12(17)4-7-16(15)19(13-5-6-13)10-14-3-2-8-20-14/h2-4,7-9,11,13H,5-6,10,18H2,1H3/t11-/m1/s1. The Hall–Kier alpha value is -1.39. The highest BCUT2D eigenvalue weighted by molar-refractivity contribution is 7.09. The van der Waals surface area contributed by atoms with Crippen LogP contribution in [0.15, 0.2) is 35.7 Å². The molecule has 0 radical (unpaired) electrons. The maximum absolute atomic E-state index is 13.5. The van der Waals surface area contributed by atoms with Crippen LogP contribution in [0.4, 0.5) is 10.1 Å².